The Hall–Kier alpha value is -0.0900. The molecule has 0 aromatic carbocycles. The molecule has 1 aromatic rings. The monoisotopic (exact) mass is 216 g/mol. The Labute approximate surface area is 89.3 Å². The number of hydrogen-bond donors (Lipinski definition) is 2. The summed E-state index contributed by atoms with van der Waals surface area (Å²) in [5, 5.41) is 8.44. The summed E-state index contributed by atoms with van der Waals surface area (Å²) in [6, 6.07) is 0. The number of aromatic nitrogens is 2. The van der Waals surface area contributed by atoms with Crippen LogP contribution in [0.3, 0.4) is 0 Å². The van der Waals surface area contributed by atoms with E-state index in [2.05, 4.69) is 29.7 Å². The van der Waals surface area contributed by atoms with Crippen LogP contribution in [0.1, 0.15) is 31.0 Å². The smallest absolute Gasteiger partial charge is 0.122 e. The molecule has 0 amide bonds. The predicted molar refractivity (Wildman–Crippen MR) is 61.7 cm³/mol. The lowest BCUT2D eigenvalue weighted by molar-refractivity contribution is 0.768. The fraction of sp³-hybridized carbons (Fsp3) is 0.667. The first kappa shape index (κ1) is 11.0. The molecule has 0 aliphatic carbocycles. The molecule has 0 unspecified atom stereocenters. The van der Waals surface area contributed by atoms with Crippen LogP contribution in [0.2, 0.25) is 0 Å². The van der Waals surface area contributed by atoms with Crippen molar-refractivity contribution in [2.75, 3.05) is 6.26 Å². The zero-order valence-electron chi connectivity index (χ0n) is 8.13. The molecule has 0 saturated carbocycles. The molecular formula is C9H16N2S2. The molecule has 0 spiro atoms. The van der Waals surface area contributed by atoms with Crippen LogP contribution < -0.4 is 0 Å². The number of thiol groups is 1. The fourth-order valence-corrected chi connectivity index (χ4v) is 2.30. The Morgan fingerprint density at radius 3 is 2.85 bits per heavy atom. The average molecular weight is 216 g/mol. The molecule has 1 heterocycles. The SMILES string of the molecule is CCCCc1[nH]nc(SC)c1CS. The summed E-state index contributed by atoms with van der Waals surface area (Å²) in [5.74, 6) is 0.783. The van der Waals surface area contributed by atoms with Gasteiger partial charge < -0.3 is 0 Å². The lowest BCUT2D eigenvalue weighted by Gasteiger charge is -1.99. The van der Waals surface area contributed by atoms with E-state index in [4.69, 9.17) is 0 Å². The first-order valence-electron chi connectivity index (χ1n) is 4.54. The van der Waals surface area contributed by atoms with Gasteiger partial charge in [-0.1, -0.05) is 13.3 Å². The maximum absolute atomic E-state index is 4.32. The van der Waals surface area contributed by atoms with Crippen LogP contribution >= 0.6 is 24.4 Å². The summed E-state index contributed by atoms with van der Waals surface area (Å²) in [6.45, 7) is 2.20. The maximum atomic E-state index is 4.32. The van der Waals surface area contributed by atoms with E-state index in [1.54, 1.807) is 11.8 Å². The first-order valence-corrected chi connectivity index (χ1v) is 6.40. The van der Waals surface area contributed by atoms with Crippen LogP contribution in [-0.4, -0.2) is 16.5 Å². The molecule has 0 aliphatic rings. The second kappa shape index (κ2) is 5.60. The number of H-pyrrole nitrogens is 1. The van der Waals surface area contributed by atoms with Crippen LogP contribution in [-0.2, 0) is 12.2 Å². The van der Waals surface area contributed by atoms with Gasteiger partial charge in [-0.2, -0.15) is 17.7 Å². The van der Waals surface area contributed by atoms with Crippen LogP contribution in [0.5, 0.6) is 0 Å². The minimum atomic E-state index is 0.783. The average Bonchev–Trinajstić information content (AvgIpc) is 2.56. The lowest BCUT2D eigenvalue weighted by atomic mass is 10.1. The van der Waals surface area contributed by atoms with Crippen molar-refractivity contribution in [3.05, 3.63) is 11.3 Å². The molecule has 0 bridgehead atoms. The van der Waals surface area contributed by atoms with Crippen molar-refractivity contribution in [3.8, 4) is 0 Å². The normalized spacial score (nSPS) is 10.7. The second-order valence-electron chi connectivity index (χ2n) is 2.95. The minimum absolute atomic E-state index is 0.783. The van der Waals surface area contributed by atoms with Gasteiger partial charge in [0.15, 0.2) is 0 Å². The van der Waals surface area contributed by atoms with Crippen molar-refractivity contribution < 1.29 is 0 Å². The Kier molecular flexibility index (Phi) is 4.73. The van der Waals surface area contributed by atoms with Gasteiger partial charge in [-0.3, -0.25) is 5.10 Å². The summed E-state index contributed by atoms with van der Waals surface area (Å²) in [7, 11) is 0. The molecule has 0 aliphatic heterocycles. The molecule has 4 heteroatoms. The van der Waals surface area contributed by atoms with Gasteiger partial charge in [-0.05, 0) is 19.1 Å². The number of thioether (sulfide) groups is 1. The third kappa shape index (κ3) is 2.68. The van der Waals surface area contributed by atoms with Crippen LogP contribution in [0.15, 0.2) is 5.03 Å². The van der Waals surface area contributed by atoms with Gasteiger partial charge in [-0.25, -0.2) is 0 Å². The van der Waals surface area contributed by atoms with Crippen molar-refractivity contribution in [3.63, 3.8) is 0 Å². The highest BCUT2D eigenvalue weighted by Gasteiger charge is 2.09. The van der Waals surface area contributed by atoms with E-state index in [0.717, 1.165) is 17.2 Å². The van der Waals surface area contributed by atoms with Gasteiger partial charge >= 0.3 is 0 Å². The summed E-state index contributed by atoms with van der Waals surface area (Å²) < 4.78 is 0. The first-order chi connectivity index (χ1) is 6.33. The number of unbranched alkanes of at least 4 members (excludes halogenated alkanes) is 1. The highest BCUT2D eigenvalue weighted by Crippen LogP contribution is 2.23. The Morgan fingerprint density at radius 1 is 1.54 bits per heavy atom. The molecule has 0 radical (unpaired) electrons. The zero-order valence-corrected chi connectivity index (χ0v) is 9.84. The largest absolute Gasteiger partial charge is 0.281 e. The minimum Gasteiger partial charge on any atom is -0.281 e. The van der Waals surface area contributed by atoms with Gasteiger partial charge in [0, 0.05) is 17.0 Å². The van der Waals surface area contributed by atoms with Crippen molar-refractivity contribution in [2.45, 2.75) is 37.0 Å². The summed E-state index contributed by atoms with van der Waals surface area (Å²) >= 11 is 6.00. The van der Waals surface area contributed by atoms with Crippen molar-refractivity contribution in [2.24, 2.45) is 0 Å². The van der Waals surface area contributed by atoms with E-state index in [9.17, 15) is 0 Å². The third-order valence-electron chi connectivity index (χ3n) is 2.05. The Bertz CT molecular complexity index is 258. The van der Waals surface area contributed by atoms with Gasteiger partial charge in [0.25, 0.3) is 0 Å². The van der Waals surface area contributed by atoms with Gasteiger partial charge in [-0.15, -0.1) is 11.8 Å². The Balaban J connectivity index is 2.75. The molecular weight excluding hydrogens is 200 g/mol. The fourth-order valence-electron chi connectivity index (χ4n) is 1.27. The quantitative estimate of drug-likeness (QED) is 0.585. The molecule has 0 fully saturated rings. The molecule has 13 heavy (non-hydrogen) atoms. The molecule has 1 aromatic heterocycles. The van der Waals surface area contributed by atoms with Crippen molar-refractivity contribution in [1.82, 2.24) is 10.2 Å². The highest BCUT2D eigenvalue weighted by molar-refractivity contribution is 7.98. The van der Waals surface area contributed by atoms with Crippen LogP contribution in [0.4, 0.5) is 0 Å². The molecule has 0 atom stereocenters. The number of hydrogen-bond acceptors (Lipinski definition) is 3. The lowest BCUT2D eigenvalue weighted by Crippen LogP contribution is -1.90. The second-order valence-corrected chi connectivity index (χ2v) is 4.06. The van der Waals surface area contributed by atoms with Crippen LogP contribution in [0.25, 0.3) is 0 Å². The topological polar surface area (TPSA) is 28.7 Å². The molecule has 74 valence electrons. The maximum Gasteiger partial charge on any atom is 0.122 e. The number of rotatable bonds is 5. The molecule has 1 N–H and O–H groups in total. The van der Waals surface area contributed by atoms with E-state index < -0.39 is 0 Å². The molecule has 1 rings (SSSR count). The van der Waals surface area contributed by atoms with Crippen LogP contribution in [0, 0.1) is 0 Å². The van der Waals surface area contributed by atoms with E-state index in [1.807, 2.05) is 6.26 Å². The van der Waals surface area contributed by atoms with Gasteiger partial charge in [0.2, 0.25) is 0 Å². The van der Waals surface area contributed by atoms with Gasteiger partial charge in [0.05, 0.1) is 0 Å². The van der Waals surface area contributed by atoms with Crippen molar-refractivity contribution in [1.29, 1.82) is 0 Å². The number of aryl methyl sites for hydroxylation is 1. The van der Waals surface area contributed by atoms with Crippen molar-refractivity contribution >= 4 is 24.4 Å². The Morgan fingerprint density at radius 2 is 2.31 bits per heavy atom. The third-order valence-corrected chi connectivity index (χ3v) is 3.09. The number of nitrogens with one attached hydrogen (secondary N) is 1. The standard InChI is InChI=1S/C9H16N2S2/c1-3-4-5-8-7(6-12)9(13-2)11-10-8/h12H,3-6H2,1-2H3,(H,10,11). The van der Waals surface area contributed by atoms with E-state index >= 15 is 0 Å². The summed E-state index contributed by atoms with van der Waals surface area (Å²) in [5.41, 5.74) is 2.55. The van der Waals surface area contributed by atoms with E-state index in [-0.39, 0.29) is 0 Å². The van der Waals surface area contributed by atoms with E-state index in [1.165, 1.54) is 24.1 Å². The summed E-state index contributed by atoms with van der Waals surface area (Å²) in [6.07, 6.45) is 5.59. The highest BCUT2D eigenvalue weighted by atomic mass is 32.2. The molecule has 2 nitrogen and oxygen atoms in total. The van der Waals surface area contributed by atoms with E-state index in [0.29, 0.717) is 0 Å². The number of aromatic amines is 1. The van der Waals surface area contributed by atoms with Gasteiger partial charge in [0.1, 0.15) is 5.03 Å². The predicted octanol–water partition coefficient (Wildman–Crippen LogP) is 2.90. The molecule has 0 saturated heterocycles. The number of nitrogens with zero attached hydrogens (tertiary/aromatic N) is 1. The zero-order chi connectivity index (χ0) is 9.68. The summed E-state index contributed by atoms with van der Waals surface area (Å²) in [4.78, 5) is 0.